The molecular weight excluding hydrogens is 106 g/mol. The molecule has 1 aliphatic heterocycles. The largest absolute Gasteiger partial charge is 0.378 e. The Morgan fingerprint density at radius 3 is 3.00 bits per heavy atom. The lowest BCUT2D eigenvalue weighted by atomic mass is 10.2. The van der Waals surface area contributed by atoms with E-state index in [9.17, 15) is 0 Å². The highest BCUT2D eigenvalue weighted by Gasteiger charge is 2.15. The molecule has 1 atom stereocenters. The third-order valence-corrected chi connectivity index (χ3v) is 1.14. The van der Waals surface area contributed by atoms with Gasteiger partial charge in [-0.2, -0.15) is 0 Å². The fourth-order valence-corrected chi connectivity index (χ4v) is 0.556. The first-order chi connectivity index (χ1) is 3.93. The molecule has 0 bridgehead atoms. The molecule has 1 saturated heterocycles. The number of azide groups is 1. The topological polar surface area (TPSA) is 58.0 Å². The molecule has 1 aliphatic rings. The lowest BCUT2D eigenvalue weighted by molar-refractivity contribution is -0.0434. The maximum Gasteiger partial charge on any atom is 0.0653 e. The third-order valence-electron chi connectivity index (χ3n) is 1.14. The van der Waals surface area contributed by atoms with Crippen LogP contribution in [0.25, 0.3) is 10.4 Å². The van der Waals surface area contributed by atoms with Gasteiger partial charge in [-0.25, -0.2) is 0 Å². The zero-order valence-corrected chi connectivity index (χ0v) is 4.45. The fourth-order valence-electron chi connectivity index (χ4n) is 0.556. The molecule has 1 heterocycles. The van der Waals surface area contributed by atoms with Crippen LogP contribution in [-0.2, 0) is 4.74 Å². The minimum absolute atomic E-state index is 0.214. The molecule has 0 amide bonds. The van der Waals surface area contributed by atoms with Gasteiger partial charge in [-0.1, -0.05) is 5.11 Å². The number of hydrogen-bond donors (Lipinski definition) is 0. The van der Waals surface area contributed by atoms with E-state index < -0.39 is 0 Å². The lowest BCUT2D eigenvalue weighted by Gasteiger charge is -2.24. The summed E-state index contributed by atoms with van der Waals surface area (Å²) >= 11 is 0. The van der Waals surface area contributed by atoms with E-state index >= 15 is 0 Å². The highest BCUT2D eigenvalue weighted by atomic mass is 16.5. The van der Waals surface area contributed by atoms with Gasteiger partial charge in [0.1, 0.15) is 0 Å². The summed E-state index contributed by atoms with van der Waals surface area (Å²) in [6.45, 7) is 1.32. The van der Waals surface area contributed by atoms with Gasteiger partial charge in [-0.05, 0) is 12.0 Å². The minimum atomic E-state index is 0.214. The van der Waals surface area contributed by atoms with Crippen molar-refractivity contribution in [3.8, 4) is 0 Å². The zero-order chi connectivity index (χ0) is 5.82. The molecule has 4 heteroatoms. The Hall–Kier alpha value is -0.730. The molecule has 0 N–H and O–H groups in total. The van der Waals surface area contributed by atoms with E-state index in [0.29, 0.717) is 6.54 Å². The fraction of sp³-hybridized carbons (Fsp3) is 1.00. The highest BCUT2D eigenvalue weighted by Crippen LogP contribution is 2.10. The monoisotopic (exact) mass is 113 g/mol. The molecule has 0 saturated carbocycles. The molecule has 0 aromatic rings. The third kappa shape index (κ3) is 1.12. The SMILES string of the molecule is [N-]=[N+]=NC[C@H]1CCO1. The average molecular weight is 113 g/mol. The molecular formula is C4H7N3O. The summed E-state index contributed by atoms with van der Waals surface area (Å²) < 4.78 is 4.97. The average Bonchev–Trinajstić information content (AvgIpc) is 1.63. The van der Waals surface area contributed by atoms with Crippen molar-refractivity contribution in [2.75, 3.05) is 13.2 Å². The summed E-state index contributed by atoms with van der Waals surface area (Å²) in [6.07, 6.45) is 1.25. The first-order valence-electron chi connectivity index (χ1n) is 2.56. The van der Waals surface area contributed by atoms with Gasteiger partial charge < -0.3 is 4.74 Å². The highest BCUT2D eigenvalue weighted by molar-refractivity contribution is 4.68. The summed E-state index contributed by atoms with van der Waals surface area (Å²) in [5.74, 6) is 0. The van der Waals surface area contributed by atoms with Crippen LogP contribution in [0.5, 0.6) is 0 Å². The van der Waals surface area contributed by atoms with Crippen LogP contribution in [0, 0.1) is 0 Å². The van der Waals surface area contributed by atoms with E-state index in [1.807, 2.05) is 0 Å². The van der Waals surface area contributed by atoms with Crippen molar-refractivity contribution >= 4 is 0 Å². The number of ether oxygens (including phenoxy) is 1. The molecule has 0 spiro atoms. The molecule has 8 heavy (non-hydrogen) atoms. The Kier molecular flexibility index (Phi) is 1.72. The first-order valence-corrected chi connectivity index (χ1v) is 2.56. The van der Waals surface area contributed by atoms with Crippen molar-refractivity contribution in [1.82, 2.24) is 0 Å². The molecule has 0 aromatic carbocycles. The second-order valence-electron chi connectivity index (χ2n) is 1.69. The van der Waals surface area contributed by atoms with Gasteiger partial charge >= 0.3 is 0 Å². The van der Waals surface area contributed by atoms with Gasteiger partial charge in [0.25, 0.3) is 0 Å². The van der Waals surface area contributed by atoms with Crippen molar-refractivity contribution in [3.63, 3.8) is 0 Å². The Labute approximate surface area is 47.1 Å². The Bertz CT molecular complexity index is 114. The van der Waals surface area contributed by atoms with Crippen LogP contribution in [-0.4, -0.2) is 19.3 Å². The standard InChI is InChI=1S/C4H7N3O/c5-7-6-3-4-1-2-8-4/h4H,1-3H2/t4-/m1/s1. The smallest absolute Gasteiger partial charge is 0.0653 e. The second kappa shape index (κ2) is 2.55. The molecule has 0 aliphatic carbocycles. The van der Waals surface area contributed by atoms with Gasteiger partial charge in [-0.15, -0.1) is 0 Å². The van der Waals surface area contributed by atoms with E-state index in [-0.39, 0.29) is 6.10 Å². The van der Waals surface area contributed by atoms with Crippen LogP contribution in [0.2, 0.25) is 0 Å². The molecule has 44 valence electrons. The summed E-state index contributed by atoms with van der Waals surface area (Å²) in [4.78, 5) is 2.60. The Balaban J connectivity index is 2.09. The Morgan fingerprint density at radius 1 is 1.88 bits per heavy atom. The second-order valence-corrected chi connectivity index (χ2v) is 1.69. The normalized spacial score (nSPS) is 25.8. The minimum Gasteiger partial charge on any atom is -0.378 e. The van der Waals surface area contributed by atoms with E-state index in [4.69, 9.17) is 10.3 Å². The quantitative estimate of drug-likeness (QED) is 0.300. The van der Waals surface area contributed by atoms with Crippen molar-refractivity contribution < 1.29 is 4.74 Å². The molecule has 1 rings (SSSR count). The first kappa shape index (κ1) is 5.41. The van der Waals surface area contributed by atoms with E-state index in [2.05, 4.69) is 10.0 Å². The zero-order valence-electron chi connectivity index (χ0n) is 4.45. The molecule has 0 radical (unpaired) electrons. The summed E-state index contributed by atoms with van der Waals surface area (Å²) in [7, 11) is 0. The van der Waals surface area contributed by atoms with E-state index in [1.54, 1.807) is 0 Å². The van der Waals surface area contributed by atoms with Gasteiger partial charge in [-0.3, -0.25) is 0 Å². The van der Waals surface area contributed by atoms with Gasteiger partial charge in [0.2, 0.25) is 0 Å². The number of hydrogen-bond acceptors (Lipinski definition) is 2. The van der Waals surface area contributed by atoms with Gasteiger partial charge in [0, 0.05) is 11.5 Å². The lowest BCUT2D eigenvalue weighted by Crippen LogP contribution is -2.29. The molecule has 0 unspecified atom stereocenters. The van der Waals surface area contributed by atoms with E-state index in [1.165, 1.54) is 0 Å². The van der Waals surface area contributed by atoms with Crippen molar-refractivity contribution in [2.24, 2.45) is 5.11 Å². The predicted octanol–water partition coefficient (Wildman–Crippen LogP) is 1.09. The molecule has 0 aromatic heterocycles. The van der Waals surface area contributed by atoms with Crippen LogP contribution in [0.1, 0.15) is 6.42 Å². The van der Waals surface area contributed by atoms with Crippen LogP contribution in [0.3, 0.4) is 0 Å². The van der Waals surface area contributed by atoms with Gasteiger partial charge in [0.15, 0.2) is 0 Å². The summed E-state index contributed by atoms with van der Waals surface area (Å²) in [6, 6.07) is 0. The van der Waals surface area contributed by atoms with Crippen molar-refractivity contribution in [2.45, 2.75) is 12.5 Å². The summed E-state index contributed by atoms with van der Waals surface area (Å²) in [5.41, 5.74) is 7.84. The Morgan fingerprint density at radius 2 is 2.62 bits per heavy atom. The van der Waals surface area contributed by atoms with E-state index in [0.717, 1.165) is 13.0 Å². The summed E-state index contributed by atoms with van der Waals surface area (Å²) in [5, 5.41) is 3.35. The molecule has 4 nitrogen and oxygen atoms in total. The number of rotatable bonds is 2. The predicted molar refractivity (Wildman–Crippen MR) is 28.4 cm³/mol. The maximum absolute atomic E-state index is 7.84. The van der Waals surface area contributed by atoms with Crippen LogP contribution in [0.4, 0.5) is 0 Å². The number of nitrogens with zero attached hydrogens (tertiary/aromatic N) is 3. The van der Waals surface area contributed by atoms with Crippen LogP contribution >= 0.6 is 0 Å². The molecule has 1 fully saturated rings. The van der Waals surface area contributed by atoms with Crippen molar-refractivity contribution in [3.05, 3.63) is 10.4 Å². The van der Waals surface area contributed by atoms with Crippen molar-refractivity contribution in [1.29, 1.82) is 0 Å². The van der Waals surface area contributed by atoms with Crippen LogP contribution in [0.15, 0.2) is 5.11 Å². The maximum atomic E-state index is 7.84. The van der Waals surface area contributed by atoms with Gasteiger partial charge in [0.05, 0.1) is 12.6 Å². The van der Waals surface area contributed by atoms with Crippen LogP contribution < -0.4 is 0 Å².